The first-order valence-electron chi connectivity index (χ1n) is 6.14. The van der Waals surface area contributed by atoms with E-state index < -0.39 is 5.92 Å². The molecule has 1 N–H and O–H groups in total. The number of carbonyl (C=O) groups excluding carboxylic acids is 2. The summed E-state index contributed by atoms with van der Waals surface area (Å²) in [4.78, 5) is 25.4. The van der Waals surface area contributed by atoms with Gasteiger partial charge in [-0.1, -0.05) is 26.0 Å². The minimum atomic E-state index is -0.737. The SMILES string of the molecule is CC(C)C(C#N)C(=O)N1CC(=O)Nc2ccccc21. The average Bonchev–Trinajstić information content (AvgIpc) is 2.37. The highest BCUT2D eigenvalue weighted by atomic mass is 16.2. The Hall–Kier alpha value is -2.35. The van der Waals surface area contributed by atoms with Crippen molar-refractivity contribution in [1.82, 2.24) is 0 Å². The largest absolute Gasteiger partial charge is 0.323 e. The Morgan fingerprint density at radius 1 is 1.42 bits per heavy atom. The fourth-order valence-corrected chi connectivity index (χ4v) is 2.09. The smallest absolute Gasteiger partial charge is 0.245 e. The number of benzene rings is 1. The van der Waals surface area contributed by atoms with Crippen molar-refractivity contribution >= 4 is 23.2 Å². The molecule has 1 atom stereocenters. The highest BCUT2D eigenvalue weighted by Gasteiger charge is 2.32. The minimum Gasteiger partial charge on any atom is -0.323 e. The quantitative estimate of drug-likeness (QED) is 0.877. The molecule has 98 valence electrons. The molecule has 1 aromatic rings. The Labute approximate surface area is 111 Å². The van der Waals surface area contributed by atoms with Gasteiger partial charge in [0, 0.05) is 0 Å². The molecular weight excluding hydrogens is 242 g/mol. The summed E-state index contributed by atoms with van der Waals surface area (Å²) in [5.74, 6) is -1.39. The van der Waals surface area contributed by atoms with Gasteiger partial charge in [0.05, 0.1) is 17.4 Å². The molecular formula is C14H15N3O2. The predicted molar refractivity (Wildman–Crippen MR) is 71.4 cm³/mol. The number of rotatable bonds is 2. The highest BCUT2D eigenvalue weighted by molar-refractivity contribution is 6.10. The zero-order valence-corrected chi connectivity index (χ0v) is 10.9. The van der Waals surface area contributed by atoms with Crippen LogP contribution in [-0.4, -0.2) is 18.4 Å². The maximum atomic E-state index is 12.4. The zero-order chi connectivity index (χ0) is 14.0. The first kappa shape index (κ1) is 13.1. The van der Waals surface area contributed by atoms with E-state index in [4.69, 9.17) is 5.26 Å². The lowest BCUT2D eigenvalue weighted by molar-refractivity contribution is -0.124. The number of carbonyl (C=O) groups is 2. The number of nitriles is 1. The van der Waals surface area contributed by atoms with Gasteiger partial charge in [-0.15, -0.1) is 0 Å². The van der Waals surface area contributed by atoms with Crippen LogP contribution in [-0.2, 0) is 9.59 Å². The Morgan fingerprint density at radius 2 is 2.11 bits per heavy atom. The molecule has 1 unspecified atom stereocenters. The van der Waals surface area contributed by atoms with Gasteiger partial charge in [-0.3, -0.25) is 14.5 Å². The van der Waals surface area contributed by atoms with Crippen molar-refractivity contribution in [3.8, 4) is 6.07 Å². The maximum Gasteiger partial charge on any atom is 0.245 e. The van der Waals surface area contributed by atoms with E-state index in [9.17, 15) is 9.59 Å². The normalized spacial score (nSPS) is 15.5. The Kier molecular flexibility index (Phi) is 3.52. The molecule has 0 aliphatic carbocycles. The molecule has 1 heterocycles. The standard InChI is InChI=1S/C14H15N3O2/c1-9(2)10(7-15)14(19)17-8-13(18)16-11-5-3-4-6-12(11)17/h3-6,9-10H,8H2,1-2H3,(H,16,18). The Balaban J connectivity index is 2.38. The molecule has 1 aliphatic rings. The fraction of sp³-hybridized carbons (Fsp3) is 0.357. The van der Waals surface area contributed by atoms with Gasteiger partial charge < -0.3 is 5.32 Å². The molecule has 0 bridgehead atoms. The Morgan fingerprint density at radius 3 is 2.74 bits per heavy atom. The van der Waals surface area contributed by atoms with Gasteiger partial charge in [0.25, 0.3) is 0 Å². The summed E-state index contributed by atoms with van der Waals surface area (Å²) < 4.78 is 0. The molecule has 0 spiro atoms. The molecule has 19 heavy (non-hydrogen) atoms. The average molecular weight is 257 g/mol. The molecule has 1 aliphatic heterocycles. The number of hydrogen-bond donors (Lipinski definition) is 1. The van der Waals surface area contributed by atoms with Crippen LogP contribution in [0.15, 0.2) is 24.3 Å². The third-order valence-corrected chi connectivity index (χ3v) is 3.11. The fourth-order valence-electron chi connectivity index (χ4n) is 2.09. The van der Waals surface area contributed by atoms with Crippen LogP contribution in [0.5, 0.6) is 0 Å². The van der Waals surface area contributed by atoms with Crippen LogP contribution >= 0.6 is 0 Å². The summed E-state index contributed by atoms with van der Waals surface area (Å²) in [5.41, 5.74) is 1.25. The van der Waals surface area contributed by atoms with Gasteiger partial charge in [0.15, 0.2) is 0 Å². The van der Waals surface area contributed by atoms with E-state index >= 15 is 0 Å². The number of anilines is 2. The summed E-state index contributed by atoms with van der Waals surface area (Å²) in [6.07, 6.45) is 0. The van der Waals surface area contributed by atoms with Gasteiger partial charge in [0.1, 0.15) is 12.5 Å². The number of para-hydroxylation sites is 2. The molecule has 0 saturated carbocycles. The molecule has 2 rings (SSSR count). The third-order valence-electron chi connectivity index (χ3n) is 3.11. The van der Waals surface area contributed by atoms with Crippen molar-refractivity contribution in [1.29, 1.82) is 5.26 Å². The van der Waals surface area contributed by atoms with Crippen LogP contribution in [0.1, 0.15) is 13.8 Å². The monoisotopic (exact) mass is 257 g/mol. The van der Waals surface area contributed by atoms with E-state index in [1.807, 2.05) is 19.9 Å². The minimum absolute atomic E-state index is 0.0409. The van der Waals surface area contributed by atoms with Crippen molar-refractivity contribution in [2.75, 3.05) is 16.8 Å². The van der Waals surface area contributed by atoms with Crippen molar-refractivity contribution in [3.05, 3.63) is 24.3 Å². The van der Waals surface area contributed by atoms with Gasteiger partial charge in [-0.2, -0.15) is 5.26 Å². The van der Waals surface area contributed by atoms with E-state index in [0.717, 1.165) is 0 Å². The van der Waals surface area contributed by atoms with Crippen molar-refractivity contribution < 1.29 is 9.59 Å². The van der Waals surface area contributed by atoms with Crippen LogP contribution in [0.4, 0.5) is 11.4 Å². The molecule has 5 heteroatoms. The van der Waals surface area contributed by atoms with Crippen LogP contribution in [0.2, 0.25) is 0 Å². The van der Waals surface area contributed by atoms with Crippen molar-refractivity contribution in [2.24, 2.45) is 11.8 Å². The van der Waals surface area contributed by atoms with E-state index in [0.29, 0.717) is 11.4 Å². The first-order valence-corrected chi connectivity index (χ1v) is 6.14. The summed E-state index contributed by atoms with van der Waals surface area (Å²) in [6.45, 7) is 3.60. The molecule has 0 aromatic heterocycles. The third kappa shape index (κ3) is 2.43. The highest BCUT2D eigenvalue weighted by Crippen LogP contribution is 2.30. The lowest BCUT2D eigenvalue weighted by Gasteiger charge is -2.31. The van der Waals surface area contributed by atoms with Gasteiger partial charge in [-0.25, -0.2) is 0 Å². The molecule has 1 aromatic carbocycles. The van der Waals surface area contributed by atoms with E-state index in [1.165, 1.54) is 4.90 Å². The maximum absolute atomic E-state index is 12.4. The van der Waals surface area contributed by atoms with Crippen LogP contribution in [0.25, 0.3) is 0 Å². The molecule has 0 saturated heterocycles. The summed E-state index contributed by atoms with van der Waals surface area (Å²) in [5, 5.41) is 11.8. The summed E-state index contributed by atoms with van der Waals surface area (Å²) >= 11 is 0. The zero-order valence-electron chi connectivity index (χ0n) is 10.9. The second-order valence-electron chi connectivity index (χ2n) is 4.84. The molecule has 0 fully saturated rings. The van der Waals surface area contributed by atoms with Crippen molar-refractivity contribution in [2.45, 2.75) is 13.8 Å². The number of fused-ring (bicyclic) bond motifs is 1. The van der Waals surface area contributed by atoms with Gasteiger partial charge in [-0.05, 0) is 18.1 Å². The predicted octanol–water partition coefficient (Wildman–Crippen LogP) is 1.77. The van der Waals surface area contributed by atoms with E-state index in [2.05, 4.69) is 5.32 Å². The topological polar surface area (TPSA) is 73.2 Å². The summed E-state index contributed by atoms with van der Waals surface area (Å²) in [6, 6.07) is 9.11. The van der Waals surface area contributed by atoms with Crippen LogP contribution < -0.4 is 10.2 Å². The second kappa shape index (κ2) is 5.11. The number of nitrogens with zero attached hydrogens (tertiary/aromatic N) is 2. The van der Waals surface area contributed by atoms with Crippen molar-refractivity contribution in [3.63, 3.8) is 0 Å². The Bertz CT molecular complexity index is 560. The lowest BCUT2D eigenvalue weighted by atomic mass is 9.95. The number of hydrogen-bond acceptors (Lipinski definition) is 3. The number of amides is 2. The number of nitrogens with one attached hydrogen (secondary N) is 1. The second-order valence-corrected chi connectivity index (χ2v) is 4.84. The summed E-state index contributed by atoms with van der Waals surface area (Å²) in [7, 11) is 0. The van der Waals surface area contributed by atoms with Crippen LogP contribution in [0, 0.1) is 23.2 Å². The molecule has 2 amide bonds. The lowest BCUT2D eigenvalue weighted by Crippen LogP contribution is -2.45. The first-order chi connectivity index (χ1) is 9.04. The van der Waals surface area contributed by atoms with Gasteiger partial charge in [0.2, 0.25) is 11.8 Å². The molecule has 0 radical (unpaired) electrons. The van der Waals surface area contributed by atoms with E-state index in [1.54, 1.807) is 24.3 Å². The van der Waals surface area contributed by atoms with Gasteiger partial charge >= 0.3 is 0 Å². The molecule has 5 nitrogen and oxygen atoms in total. The van der Waals surface area contributed by atoms with E-state index in [-0.39, 0.29) is 24.3 Å². The van der Waals surface area contributed by atoms with Crippen LogP contribution in [0.3, 0.4) is 0 Å².